The molecule has 1 atom stereocenters. The zero-order valence-electron chi connectivity index (χ0n) is 18.9. The van der Waals surface area contributed by atoms with E-state index in [1.165, 1.54) is 23.5 Å². The Hall–Kier alpha value is -2.29. The van der Waals surface area contributed by atoms with Gasteiger partial charge in [-0.15, -0.1) is 23.5 Å². The van der Waals surface area contributed by atoms with Gasteiger partial charge in [0.1, 0.15) is 0 Å². The molecule has 0 bridgehead atoms. The van der Waals surface area contributed by atoms with E-state index in [1.54, 1.807) is 13.8 Å². The Balaban J connectivity index is 1.79. The molecule has 1 aromatic heterocycles. The molecule has 2 N–H and O–H groups in total. The fourth-order valence-corrected chi connectivity index (χ4v) is 6.13. The second-order valence-electron chi connectivity index (χ2n) is 8.42. The van der Waals surface area contributed by atoms with Crippen molar-refractivity contribution >= 4 is 74.4 Å². The first kappa shape index (κ1) is 26.3. The summed E-state index contributed by atoms with van der Waals surface area (Å²) < 4.78 is 0.916. The number of rotatable bonds is 11. The highest BCUT2D eigenvalue weighted by atomic mass is 79.9. The molecule has 1 heterocycles. The molecule has 0 spiro atoms. The third kappa shape index (κ3) is 7.61. The Morgan fingerprint density at radius 2 is 1.82 bits per heavy atom. The molecule has 178 valence electrons. The fraction of sp³-hybridized carbons (Fsp3) is 0.269. The zero-order valence-corrected chi connectivity index (χ0v) is 22.1. The summed E-state index contributed by atoms with van der Waals surface area (Å²) in [6.07, 6.45) is 4.03. The molecule has 0 fully saturated rings. The van der Waals surface area contributed by atoms with Crippen LogP contribution in [0.4, 0.5) is 0 Å². The van der Waals surface area contributed by atoms with Crippen molar-refractivity contribution in [3.63, 3.8) is 0 Å². The fourth-order valence-electron chi connectivity index (χ4n) is 3.03. The zero-order chi connectivity index (χ0) is 24.7. The van der Waals surface area contributed by atoms with Gasteiger partial charge in [-0.2, -0.15) is 0 Å². The Morgan fingerprint density at radius 3 is 2.56 bits per heavy atom. The van der Waals surface area contributed by atoms with Gasteiger partial charge in [0.25, 0.3) is 0 Å². The van der Waals surface area contributed by atoms with Crippen LogP contribution in [0.1, 0.15) is 41.7 Å². The van der Waals surface area contributed by atoms with Gasteiger partial charge in [-0.05, 0) is 55.3 Å². The van der Waals surface area contributed by atoms with Crippen molar-refractivity contribution in [3.8, 4) is 0 Å². The Kier molecular flexibility index (Phi) is 9.22. The van der Waals surface area contributed by atoms with Gasteiger partial charge in [-0.1, -0.05) is 52.3 Å². The van der Waals surface area contributed by atoms with Crippen molar-refractivity contribution in [1.82, 2.24) is 4.98 Å². The van der Waals surface area contributed by atoms with Crippen LogP contribution < -0.4 is 0 Å². The number of thioether (sulfide) groups is 2. The van der Waals surface area contributed by atoms with Crippen LogP contribution in [0.25, 0.3) is 23.1 Å². The quantitative estimate of drug-likeness (QED) is 0.240. The van der Waals surface area contributed by atoms with Gasteiger partial charge in [0.15, 0.2) is 0 Å². The predicted octanol–water partition coefficient (Wildman–Crippen LogP) is 7.22. The molecule has 34 heavy (non-hydrogen) atoms. The average molecular weight is 561 g/mol. The second kappa shape index (κ2) is 11.9. The number of aliphatic carboxylic acids is 2. The van der Waals surface area contributed by atoms with Gasteiger partial charge in [-0.3, -0.25) is 9.59 Å². The Labute approximate surface area is 216 Å². The third-order valence-corrected chi connectivity index (χ3v) is 8.85. The normalized spacial score (nSPS) is 12.8. The van der Waals surface area contributed by atoms with Crippen LogP contribution in [-0.2, 0) is 9.59 Å². The summed E-state index contributed by atoms with van der Waals surface area (Å²) >= 11 is 6.55. The molecule has 0 aliphatic carbocycles. The van der Waals surface area contributed by atoms with Crippen molar-refractivity contribution in [3.05, 3.63) is 75.9 Å². The molecule has 0 amide bonds. The summed E-state index contributed by atoms with van der Waals surface area (Å²) in [6, 6.07) is 18.1. The first-order valence-electron chi connectivity index (χ1n) is 10.7. The Bertz CT molecular complexity index is 1210. The number of carboxylic acid groups (broad SMARTS) is 2. The number of pyridine rings is 1. The molecule has 5 nitrogen and oxygen atoms in total. The minimum absolute atomic E-state index is 0.0629. The van der Waals surface area contributed by atoms with E-state index in [-0.39, 0.29) is 11.0 Å². The molecule has 3 aromatic rings. The van der Waals surface area contributed by atoms with Crippen LogP contribution in [0.15, 0.2) is 59.1 Å². The maximum atomic E-state index is 11.5. The van der Waals surface area contributed by atoms with Gasteiger partial charge in [0.2, 0.25) is 0 Å². The lowest BCUT2D eigenvalue weighted by Crippen LogP contribution is -2.26. The standard InChI is InChI=1S/C26H26BrNO4S2/c1-26(2,25(31)32)16-34-24(33-13-12-23(29)30)19-5-3-4-17(14-19)6-10-21-11-8-18-7-9-20(27)15-22(18)28-21/h3-11,14-15,24H,12-13,16H2,1-2H3,(H,29,30)(H,31,32). The molecular formula is C26H26BrNO4S2. The lowest BCUT2D eigenvalue weighted by atomic mass is 9.97. The lowest BCUT2D eigenvalue weighted by molar-refractivity contribution is -0.145. The molecule has 0 saturated carbocycles. The molecule has 0 radical (unpaired) electrons. The number of hydrogen-bond acceptors (Lipinski definition) is 5. The van der Waals surface area contributed by atoms with E-state index < -0.39 is 17.4 Å². The summed E-state index contributed by atoms with van der Waals surface area (Å²) in [7, 11) is 0. The minimum Gasteiger partial charge on any atom is -0.481 e. The van der Waals surface area contributed by atoms with E-state index >= 15 is 0 Å². The number of nitrogens with zero attached hydrogens (tertiary/aromatic N) is 1. The SMILES string of the molecule is CC(C)(CSC(SCCC(=O)O)c1cccc(C=Cc2ccc3ccc(Br)cc3n2)c1)C(=O)O. The number of fused-ring (bicyclic) bond motifs is 1. The lowest BCUT2D eigenvalue weighted by Gasteiger charge is -2.23. The number of carboxylic acids is 2. The van der Waals surface area contributed by atoms with Gasteiger partial charge >= 0.3 is 11.9 Å². The number of benzene rings is 2. The molecule has 0 aliphatic heterocycles. The van der Waals surface area contributed by atoms with E-state index in [0.29, 0.717) is 11.5 Å². The monoisotopic (exact) mass is 559 g/mol. The molecule has 8 heteroatoms. The molecule has 1 unspecified atom stereocenters. The summed E-state index contributed by atoms with van der Waals surface area (Å²) in [5.74, 6) is -0.810. The summed E-state index contributed by atoms with van der Waals surface area (Å²) in [4.78, 5) is 27.2. The highest BCUT2D eigenvalue weighted by molar-refractivity contribution is 9.10. The second-order valence-corrected chi connectivity index (χ2v) is 11.9. The molecule has 3 rings (SSSR count). The highest BCUT2D eigenvalue weighted by Gasteiger charge is 2.29. The number of hydrogen-bond donors (Lipinski definition) is 2. The number of aromatic nitrogens is 1. The molecule has 0 saturated heterocycles. The number of carbonyl (C=O) groups is 2. The Morgan fingerprint density at radius 1 is 1.06 bits per heavy atom. The van der Waals surface area contributed by atoms with Crippen LogP contribution >= 0.6 is 39.5 Å². The van der Waals surface area contributed by atoms with E-state index in [1.807, 2.05) is 60.7 Å². The maximum absolute atomic E-state index is 11.5. The van der Waals surface area contributed by atoms with E-state index in [2.05, 4.69) is 22.0 Å². The van der Waals surface area contributed by atoms with Gasteiger partial charge < -0.3 is 10.2 Å². The van der Waals surface area contributed by atoms with Crippen molar-refractivity contribution < 1.29 is 19.8 Å². The van der Waals surface area contributed by atoms with Gasteiger partial charge in [0.05, 0.1) is 27.6 Å². The summed E-state index contributed by atoms with van der Waals surface area (Å²) in [5.41, 5.74) is 2.91. The first-order chi connectivity index (χ1) is 16.1. The van der Waals surface area contributed by atoms with Crippen molar-refractivity contribution in [2.24, 2.45) is 5.41 Å². The van der Waals surface area contributed by atoms with Crippen molar-refractivity contribution in [1.29, 1.82) is 0 Å². The smallest absolute Gasteiger partial charge is 0.309 e. The third-order valence-electron chi connectivity index (χ3n) is 5.06. The van der Waals surface area contributed by atoms with Crippen molar-refractivity contribution in [2.75, 3.05) is 11.5 Å². The van der Waals surface area contributed by atoms with Crippen LogP contribution in [-0.4, -0.2) is 38.6 Å². The number of halogens is 1. The van der Waals surface area contributed by atoms with Gasteiger partial charge in [-0.25, -0.2) is 4.98 Å². The average Bonchev–Trinajstić information content (AvgIpc) is 2.79. The summed E-state index contributed by atoms with van der Waals surface area (Å²) in [6.45, 7) is 3.41. The van der Waals surface area contributed by atoms with Crippen LogP contribution in [0.2, 0.25) is 0 Å². The molecule has 0 aliphatic rings. The van der Waals surface area contributed by atoms with E-state index in [4.69, 9.17) is 10.1 Å². The molecule has 2 aromatic carbocycles. The van der Waals surface area contributed by atoms with Crippen molar-refractivity contribution in [2.45, 2.75) is 24.9 Å². The van der Waals surface area contributed by atoms with Crippen LogP contribution in [0.3, 0.4) is 0 Å². The van der Waals surface area contributed by atoms with Crippen LogP contribution in [0, 0.1) is 5.41 Å². The predicted molar refractivity (Wildman–Crippen MR) is 146 cm³/mol. The highest BCUT2D eigenvalue weighted by Crippen LogP contribution is 2.42. The largest absolute Gasteiger partial charge is 0.481 e. The van der Waals surface area contributed by atoms with E-state index in [9.17, 15) is 14.7 Å². The summed E-state index contributed by atoms with van der Waals surface area (Å²) in [5, 5.41) is 19.6. The minimum atomic E-state index is -0.871. The van der Waals surface area contributed by atoms with Gasteiger partial charge in [0, 0.05) is 21.4 Å². The topological polar surface area (TPSA) is 87.5 Å². The first-order valence-corrected chi connectivity index (χ1v) is 13.6. The van der Waals surface area contributed by atoms with Crippen LogP contribution in [0.5, 0.6) is 0 Å². The molecular weight excluding hydrogens is 534 g/mol. The maximum Gasteiger partial charge on any atom is 0.309 e. The van der Waals surface area contributed by atoms with E-state index in [0.717, 1.165) is 32.2 Å².